The van der Waals surface area contributed by atoms with E-state index in [2.05, 4.69) is 17.9 Å². The van der Waals surface area contributed by atoms with Gasteiger partial charge in [-0.25, -0.2) is 0 Å². The van der Waals surface area contributed by atoms with Crippen molar-refractivity contribution in [3.63, 3.8) is 0 Å². The SMILES string of the molecule is CC(C)(S)C(NC=O)C(=O)[O-].[NH4+]. The highest BCUT2D eigenvalue weighted by Crippen LogP contribution is 2.16. The van der Waals surface area contributed by atoms with E-state index in [9.17, 15) is 14.7 Å². The third-order valence-electron chi connectivity index (χ3n) is 1.18. The van der Waals surface area contributed by atoms with Crippen LogP contribution >= 0.6 is 12.6 Å². The number of nitrogens with one attached hydrogen (secondary N) is 1. The summed E-state index contributed by atoms with van der Waals surface area (Å²) in [5.74, 6) is -1.34. The van der Waals surface area contributed by atoms with Crippen molar-refractivity contribution < 1.29 is 14.7 Å². The maximum atomic E-state index is 10.4. The van der Waals surface area contributed by atoms with Crippen LogP contribution < -0.4 is 16.6 Å². The van der Waals surface area contributed by atoms with Crippen LogP contribution in [0.15, 0.2) is 0 Å². The van der Waals surface area contributed by atoms with E-state index < -0.39 is 16.8 Å². The number of aliphatic carboxylic acids is 1. The second-order valence-electron chi connectivity index (χ2n) is 2.69. The Labute approximate surface area is 76.5 Å². The summed E-state index contributed by atoms with van der Waals surface area (Å²) in [6.07, 6.45) is 0.318. The van der Waals surface area contributed by atoms with Gasteiger partial charge in [-0.3, -0.25) is 4.79 Å². The minimum Gasteiger partial charge on any atom is -0.548 e. The molecule has 0 aliphatic carbocycles. The molecule has 0 aromatic heterocycles. The molecule has 1 amide bonds. The van der Waals surface area contributed by atoms with E-state index in [-0.39, 0.29) is 6.15 Å². The maximum Gasteiger partial charge on any atom is 0.207 e. The van der Waals surface area contributed by atoms with E-state index >= 15 is 0 Å². The monoisotopic (exact) mass is 194 g/mol. The molecule has 0 saturated heterocycles. The number of thiol groups is 1. The first-order chi connectivity index (χ1) is 4.89. The molecule has 1 unspecified atom stereocenters. The first-order valence-electron chi connectivity index (χ1n) is 3.02. The van der Waals surface area contributed by atoms with Gasteiger partial charge in [0, 0.05) is 4.75 Å². The van der Waals surface area contributed by atoms with Crippen LogP contribution in [-0.2, 0) is 9.59 Å². The summed E-state index contributed by atoms with van der Waals surface area (Å²) < 4.78 is -0.820. The zero-order valence-corrected chi connectivity index (χ0v) is 8.22. The Bertz CT molecular complexity index is 167. The van der Waals surface area contributed by atoms with Crippen LogP contribution in [0.4, 0.5) is 0 Å². The summed E-state index contributed by atoms with van der Waals surface area (Å²) in [6.45, 7) is 3.15. The Morgan fingerprint density at radius 1 is 1.67 bits per heavy atom. The fourth-order valence-electron chi connectivity index (χ4n) is 0.628. The molecule has 5 nitrogen and oxygen atoms in total. The summed E-state index contributed by atoms with van der Waals surface area (Å²) >= 11 is 3.98. The van der Waals surface area contributed by atoms with Crippen molar-refractivity contribution in [1.29, 1.82) is 0 Å². The lowest BCUT2D eigenvalue weighted by Crippen LogP contribution is -2.54. The van der Waals surface area contributed by atoms with Gasteiger partial charge in [0.25, 0.3) is 0 Å². The number of hydrogen-bond acceptors (Lipinski definition) is 4. The van der Waals surface area contributed by atoms with Crippen molar-refractivity contribution in [2.24, 2.45) is 0 Å². The van der Waals surface area contributed by atoms with Gasteiger partial charge in [0.2, 0.25) is 6.41 Å². The second kappa shape index (κ2) is 5.00. The number of carbonyl (C=O) groups excluding carboxylic acids is 2. The summed E-state index contributed by atoms with van der Waals surface area (Å²) in [5, 5.41) is 12.5. The average molecular weight is 194 g/mol. The highest BCUT2D eigenvalue weighted by atomic mass is 32.1. The number of rotatable bonds is 4. The molecular formula is C6H14N2O3S. The Morgan fingerprint density at radius 2 is 2.08 bits per heavy atom. The van der Waals surface area contributed by atoms with Crippen molar-refractivity contribution in [3.8, 4) is 0 Å². The number of amides is 1. The van der Waals surface area contributed by atoms with Crippen molar-refractivity contribution in [3.05, 3.63) is 0 Å². The molecule has 6 heteroatoms. The first kappa shape index (κ1) is 13.8. The number of carbonyl (C=O) groups is 2. The molecule has 0 saturated carbocycles. The lowest BCUT2D eigenvalue weighted by molar-refractivity contribution is -0.308. The van der Waals surface area contributed by atoms with E-state index in [1.54, 1.807) is 13.8 Å². The second-order valence-corrected chi connectivity index (χ2v) is 3.84. The topological polar surface area (TPSA) is 106 Å². The Morgan fingerprint density at radius 3 is 2.17 bits per heavy atom. The summed E-state index contributed by atoms with van der Waals surface area (Å²) in [6, 6.07) is -1.07. The van der Waals surface area contributed by atoms with Crippen LogP contribution in [0.3, 0.4) is 0 Å². The van der Waals surface area contributed by atoms with Gasteiger partial charge in [-0.2, -0.15) is 12.6 Å². The lowest BCUT2D eigenvalue weighted by atomic mass is 10.0. The minimum atomic E-state index is -1.34. The van der Waals surface area contributed by atoms with Gasteiger partial charge < -0.3 is 21.4 Å². The molecule has 0 aliphatic heterocycles. The van der Waals surface area contributed by atoms with Gasteiger partial charge >= 0.3 is 0 Å². The van der Waals surface area contributed by atoms with E-state index in [4.69, 9.17) is 0 Å². The molecule has 12 heavy (non-hydrogen) atoms. The van der Waals surface area contributed by atoms with Crippen LogP contribution in [0.25, 0.3) is 0 Å². The zero-order valence-electron chi connectivity index (χ0n) is 7.33. The molecule has 0 radical (unpaired) electrons. The number of hydrogen-bond donors (Lipinski definition) is 3. The van der Waals surface area contributed by atoms with Gasteiger partial charge in [0.15, 0.2) is 0 Å². The molecule has 0 heterocycles. The van der Waals surface area contributed by atoms with E-state index in [0.29, 0.717) is 6.41 Å². The van der Waals surface area contributed by atoms with Crippen molar-refractivity contribution in [2.75, 3.05) is 0 Å². The van der Waals surface area contributed by atoms with Crippen LogP contribution in [-0.4, -0.2) is 23.2 Å². The number of quaternary nitrogens is 1. The number of carboxylic acid groups (broad SMARTS) is 1. The van der Waals surface area contributed by atoms with Crippen LogP contribution in [0, 0.1) is 0 Å². The normalized spacial score (nSPS) is 12.6. The van der Waals surface area contributed by atoms with E-state index in [1.807, 2.05) is 0 Å². The molecule has 0 aliphatic rings. The molecule has 1 atom stereocenters. The third kappa shape index (κ3) is 4.20. The molecular weight excluding hydrogens is 180 g/mol. The molecule has 72 valence electrons. The van der Waals surface area contributed by atoms with Gasteiger partial charge in [-0.1, -0.05) is 0 Å². The fourth-order valence-corrected chi connectivity index (χ4v) is 0.808. The predicted octanol–water partition coefficient (Wildman–Crippen LogP) is -1.06. The fraction of sp³-hybridized carbons (Fsp3) is 0.667. The highest BCUT2D eigenvalue weighted by Gasteiger charge is 2.25. The average Bonchev–Trinajstić information content (AvgIpc) is 1.79. The lowest BCUT2D eigenvalue weighted by Gasteiger charge is -2.29. The van der Waals surface area contributed by atoms with E-state index in [1.165, 1.54) is 0 Å². The van der Waals surface area contributed by atoms with Crippen LogP contribution in [0.1, 0.15) is 13.8 Å². The molecule has 0 fully saturated rings. The van der Waals surface area contributed by atoms with Gasteiger partial charge in [0.05, 0.1) is 12.0 Å². The molecule has 5 N–H and O–H groups in total. The summed E-state index contributed by atoms with van der Waals surface area (Å²) in [4.78, 5) is 20.3. The molecule has 0 aromatic carbocycles. The zero-order chi connectivity index (χ0) is 9.07. The standard InChI is InChI=1S/C6H11NO3S.H3N/c1-6(2,11)4(5(9)10)7-3-8;/h3-4,11H,1-2H3,(H,7,8)(H,9,10);1H3. The van der Waals surface area contributed by atoms with Crippen molar-refractivity contribution >= 4 is 25.0 Å². The minimum absolute atomic E-state index is 0. The summed E-state index contributed by atoms with van der Waals surface area (Å²) in [5.41, 5.74) is 0. The molecule has 0 spiro atoms. The first-order valence-corrected chi connectivity index (χ1v) is 3.47. The molecule has 0 aromatic rings. The Balaban J connectivity index is 0. The Hall–Kier alpha value is -0.750. The van der Waals surface area contributed by atoms with Crippen molar-refractivity contribution in [1.82, 2.24) is 11.5 Å². The van der Waals surface area contributed by atoms with Gasteiger partial charge in [-0.15, -0.1) is 0 Å². The molecule has 0 bridgehead atoms. The summed E-state index contributed by atoms with van der Waals surface area (Å²) in [7, 11) is 0. The van der Waals surface area contributed by atoms with Gasteiger partial charge in [-0.05, 0) is 13.8 Å². The smallest absolute Gasteiger partial charge is 0.207 e. The van der Waals surface area contributed by atoms with Gasteiger partial charge in [0.1, 0.15) is 0 Å². The maximum absolute atomic E-state index is 10.4. The highest BCUT2D eigenvalue weighted by molar-refractivity contribution is 7.81. The number of carboxylic acids is 1. The predicted molar refractivity (Wildman–Crippen MR) is 47.0 cm³/mol. The van der Waals surface area contributed by atoms with Crippen LogP contribution in [0.2, 0.25) is 0 Å². The van der Waals surface area contributed by atoms with Crippen LogP contribution in [0.5, 0.6) is 0 Å². The quantitative estimate of drug-likeness (QED) is 0.392. The van der Waals surface area contributed by atoms with E-state index in [0.717, 1.165) is 0 Å². The molecule has 0 rings (SSSR count). The largest absolute Gasteiger partial charge is 0.548 e. The van der Waals surface area contributed by atoms with Crippen molar-refractivity contribution in [2.45, 2.75) is 24.6 Å². The Kier molecular flexibility index (Phi) is 5.75. The third-order valence-corrected chi connectivity index (χ3v) is 1.44.